The molecule has 1 saturated carbocycles. The highest BCUT2D eigenvalue weighted by atomic mass is 16.3. The number of aliphatic hydroxyl groups excluding tert-OH is 1. The number of aliphatic hydroxyl groups is 1. The van der Waals surface area contributed by atoms with Gasteiger partial charge in [-0.05, 0) is 44.2 Å². The van der Waals surface area contributed by atoms with Crippen LogP contribution in [0.2, 0.25) is 0 Å². The maximum absolute atomic E-state index is 9.74. The van der Waals surface area contributed by atoms with Crippen LogP contribution in [0.5, 0.6) is 0 Å². The molecule has 0 aromatic carbocycles. The molecule has 1 aliphatic carbocycles. The Morgan fingerprint density at radius 2 is 1.93 bits per heavy atom. The monoisotopic (exact) mass is 213 g/mol. The molecule has 2 nitrogen and oxygen atoms in total. The smallest absolute Gasteiger partial charge is 0.0580 e. The predicted octanol–water partition coefficient (Wildman–Crippen LogP) is 2.52. The molecule has 0 amide bonds. The molecule has 2 atom stereocenters. The summed E-state index contributed by atoms with van der Waals surface area (Å²) < 4.78 is 0. The first-order chi connectivity index (χ1) is 6.88. The Morgan fingerprint density at radius 1 is 1.27 bits per heavy atom. The van der Waals surface area contributed by atoms with Gasteiger partial charge in [0.1, 0.15) is 0 Å². The van der Waals surface area contributed by atoms with Crippen LogP contribution in [0.1, 0.15) is 46.5 Å². The first-order valence-electron chi connectivity index (χ1n) is 6.25. The third-order valence-electron chi connectivity index (χ3n) is 3.41. The van der Waals surface area contributed by atoms with Gasteiger partial charge in [-0.25, -0.2) is 0 Å². The summed E-state index contributed by atoms with van der Waals surface area (Å²) in [6.07, 6.45) is 4.62. The molecule has 2 unspecified atom stereocenters. The van der Waals surface area contributed by atoms with Crippen LogP contribution in [0.3, 0.4) is 0 Å². The average Bonchev–Trinajstić information content (AvgIpc) is 2.47. The molecule has 0 aromatic rings. The van der Waals surface area contributed by atoms with Crippen molar-refractivity contribution in [2.24, 2.45) is 11.3 Å². The molecule has 0 spiro atoms. The second-order valence-electron chi connectivity index (χ2n) is 6.33. The Balaban J connectivity index is 2.20. The van der Waals surface area contributed by atoms with Crippen molar-refractivity contribution in [2.45, 2.75) is 52.6 Å². The van der Waals surface area contributed by atoms with Crippen molar-refractivity contribution < 1.29 is 5.11 Å². The zero-order valence-corrected chi connectivity index (χ0v) is 10.8. The highest BCUT2D eigenvalue weighted by Gasteiger charge is 2.26. The number of nitrogens with zero attached hydrogens (tertiary/aromatic N) is 1. The maximum Gasteiger partial charge on any atom is 0.0580 e. The van der Waals surface area contributed by atoms with E-state index in [2.05, 4.69) is 32.7 Å². The van der Waals surface area contributed by atoms with E-state index in [1.165, 1.54) is 19.3 Å². The summed E-state index contributed by atoms with van der Waals surface area (Å²) in [5.74, 6) is 0.523. The number of hydrogen-bond donors (Lipinski definition) is 1. The third kappa shape index (κ3) is 4.98. The van der Waals surface area contributed by atoms with Crippen LogP contribution >= 0.6 is 0 Å². The van der Waals surface area contributed by atoms with Crippen LogP contribution < -0.4 is 0 Å². The molecule has 0 aromatic heterocycles. The summed E-state index contributed by atoms with van der Waals surface area (Å²) in [5, 5.41) is 9.74. The van der Waals surface area contributed by atoms with Gasteiger partial charge in [-0.3, -0.25) is 0 Å². The summed E-state index contributed by atoms with van der Waals surface area (Å²) in [6, 6.07) is 0. The minimum absolute atomic E-state index is 0.0397. The fourth-order valence-corrected chi connectivity index (χ4v) is 2.25. The fourth-order valence-electron chi connectivity index (χ4n) is 2.25. The first kappa shape index (κ1) is 13.0. The van der Waals surface area contributed by atoms with Crippen LogP contribution in [-0.4, -0.2) is 36.2 Å². The first-order valence-corrected chi connectivity index (χ1v) is 6.25. The lowest BCUT2D eigenvalue weighted by Gasteiger charge is -2.26. The van der Waals surface area contributed by atoms with E-state index >= 15 is 0 Å². The van der Waals surface area contributed by atoms with Crippen molar-refractivity contribution in [3.05, 3.63) is 0 Å². The standard InChI is InChI=1S/C13H27NO/c1-13(2,3)8-9-14(4)10-11-6-5-7-12(11)15/h11-12,15H,5-10H2,1-4H3. The molecule has 0 aliphatic heterocycles. The van der Waals surface area contributed by atoms with Gasteiger partial charge in [0.2, 0.25) is 0 Å². The topological polar surface area (TPSA) is 23.5 Å². The van der Waals surface area contributed by atoms with Crippen molar-refractivity contribution in [1.29, 1.82) is 0 Å². The molecule has 0 radical (unpaired) electrons. The van der Waals surface area contributed by atoms with Crippen molar-refractivity contribution in [2.75, 3.05) is 20.1 Å². The SMILES string of the molecule is CN(CCC(C)(C)C)CC1CCCC1O. The molecule has 0 bridgehead atoms. The van der Waals surface area contributed by atoms with Gasteiger partial charge in [-0.2, -0.15) is 0 Å². The molecule has 1 N–H and O–H groups in total. The Bertz CT molecular complexity index is 185. The lowest BCUT2D eigenvalue weighted by atomic mass is 9.92. The van der Waals surface area contributed by atoms with Crippen LogP contribution in [0, 0.1) is 11.3 Å². The quantitative estimate of drug-likeness (QED) is 0.775. The highest BCUT2D eigenvalue weighted by Crippen LogP contribution is 2.26. The Labute approximate surface area is 94.7 Å². The van der Waals surface area contributed by atoms with E-state index in [9.17, 15) is 5.11 Å². The second-order valence-corrected chi connectivity index (χ2v) is 6.33. The van der Waals surface area contributed by atoms with Gasteiger partial charge in [0.15, 0.2) is 0 Å². The molecule has 2 heteroatoms. The van der Waals surface area contributed by atoms with E-state index in [4.69, 9.17) is 0 Å². The number of rotatable bonds is 4. The normalized spacial score (nSPS) is 27.6. The lowest BCUT2D eigenvalue weighted by Crippen LogP contribution is -2.31. The molecule has 1 rings (SSSR count). The second kappa shape index (κ2) is 5.31. The van der Waals surface area contributed by atoms with E-state index in [0.29, 0.717) is 11.3 Å². The van der Waals surface area contributed by atoms with Gasteiger partial charge in [0, 0.05) is 6.54 Å². The zero-order valence-electron chi connectivity index (χ0n) is 10.8. The molecule has 0 saturated heterocycles. The van der Waals surface area contributed by atoms with Crippen molar-refractivity contribution in [3.63, 3.8) is 0 Å². The van der Waals surface area contributed by atoms with Crippen molar-refractivity contribution >= 4 is 0 Å². The minimum atomic E-state index is -0.0397. The van der Waals surface area contributed by atoms with Crippen LogP contribution in [0.4, 0.5) is 0 Å². The van der Waals surface area contributed by atoms with E-state index in [1.807, 2.05) is 0 Å². The molecule has 1 aliphatic rings. The van der Waals surface area contributed by atoms with Crippen LogP contribution in [0.25, 0.3) is 0 Å². The third-order valence-corrected chi connectivity index (χ3v) is 3.41. The largest absolute Gasteiger partial charge is 0.393 e. The Morgan fingerprint density at radius 3 is 2.40 bits per heavy atom. The van der Waals surface area contributed by atoms with Gasteiger partial charge in [0.05, 0.1) is 6.10 Å². The van der Waals surface area contributed by atoms with E-state index in [1.54, 1.807) is 0 Å². The molecule has 1 fully saturated rings. The fraction of sp³-hybridized carbons (Fsp3) is 1.00. The molecule has 0 heterocycles. The summed E-state index contributed by atoms with van der Waals surface area (Å²) in [6.45, 7) is 9.06. The minimum Gasteiger partial charge on any atom is -0.393 e. The maximum atomic E-state index is 9.74. The van der Waals surface area contributed by atoms with Gasteiger partial charge < -0.3 is 10.0 Å². The van der Waals surface area contributed by atoms with Gasteiger partial charge in [-0.15, -0.1) is 0 Å². The lowest BCUT2D eigenvalue weighted by molar-refractivity contribution is 0.106. The average molecular weight is 213 g/mol. The summed E-state index contributed by atoms with van der Waals surface area (Å²) in [5.41, 5.74) is 0.419. The highest BCUT2D eigenvalue weighted by molar-refractivity contribution is 4.79. The number of hydrogen-bond acceptors (Lipinski definition) is 2. The molecular formula is C13H27NO. The molecular weight excluding hydrogens is 186 g/mol. The van der Waals surface area contributed by atoms with E-state index < -0.39 is 0 Å². The zero-order chi connectivity index (χ0) is 11.5. The van der Waals surface area contributed by atoms with Crippen LogP contribution in [-0.2, 0) is 0 Å². The molecule has 90 valence electrons. The predicted molar refractivity (Wildman–Crippen MR) is 64.9 cm³/mol. The summed E-state index contributed by atoms with van der Waals surface area (Å²) in [7, 11) is 2.18. The Kier molecular flexibility index (Phi) is 4.60. The van der Waals surface area contributed by atoms with Crippen molar-refractivity contribution in [1.82, 2.24) is 4.90 Å². The van der Waals surface area contributed by atoms with E-state index in [-0.39, 0.29) is 6.10 Å². The van der Waals surface area contributed by atoms with Gasteiger partial charge >= 0.3 is 0 Å². The Hall–Kier alpha value is -0.0800. The van der Waals surface area contributed by atoms with Crippen molar-refractivity contribution in [3.8, 4) is 0 Å². The summed E-state index contributed by atoms with van der Waals surface area (Å²) in [4.78, 5) is 2.38. The summed E-state index contributed by atoms with van der Waals surface area (Å²) >= 11 is 0. The van der Waals surface area contributed by atoms with Gasteiger partial charge in [0.25, 0.3) is 0 Å². The van der Waals surface area contributed by atoms with Crippen LogP contribution in [0.15, 0.2) is 0 Å². The van der Waals surface area contributed by atoms with E-state index in [0.717, 1.165) is 19.5 Å². The van der Waals surface area contributed by atoms with Gasteiger partial charge in [-0.1, -0.05) is 27.2 Å². The molecule has 15 heavy (non-hydrogen) atoms.